The number of nitrogens with two attached hydrogens (primary N) is 1. The molecule has 3 amide bonds. The van der Waals surface area contributed by atoms with E-state index in [4.69, 9.17) is 10.8 Å². The van der Waals surface area contributed by atoms with Crippen molar-refractivity contribution in [3.8, 4) is 0 Å². The fraction of sp³-hybridized carbons (Fsp3) is 0.789. The number of aliphatic carboxylic acids is 1. The molecule has 0 rings (SSSR count). The first-order valence-electron chi connectivity index (χ1n) is 10.1. The minimum atomic E-state index is -1.16. The number of aliphatic hydroxyl groups excluding tert-OH is 1. The van der Waals surface area contributed by atoms with Gasteiger partial charge in [0.1, 0.15) is 24.2 Å². The molecule has 0 aromatic heterocycles. The van der Waals surface area contributed by atoms with Crippen LogP contribution in [0.2, 0.25) is 0 Å². The Kier molecular flexibility index (Phi) is 15.4. The van der Waals surface area contributed by atoms with Gasteiger partial charge in [0.05, 0.1) is 6.61 Å². The van der Waals surface area contributed by atoms with Crippen LogP contribution >= 0.6 is 23.5 Å². The average molecular weight is 481 g/mol. The Balaban J connectivity index is 5.36. The summed E-state index contributed by atoms with van der Waals surface area (Å²) in [4.78, 5) is 49.1. The third-order valence-electron chi connectivity index (χ3n) is 4.34. The summed E-state index contributed by atoms with van der Waals surface area (Å²) < 4.78 is 0. The lowest BCUT2D eigenvalue weighted by Gasteiger charge is -2.25. The second-order valence-corrected chi connectivity index (χ2v) is 9.47. The second kappa shape index (κ2) is 16.2. The number of carbonyl (C=O) groups is 4. The van der Waals surface area contributed by atoms with Crippen molar-refractivity contribution in [3.63, 3.8) is 0 Å². The number of hydrogen-bond acceptors (Lipinski definition) is 8. The zero-order valence-electron chi connectivity index (χ0n) is 18.6. The van der Waals surface area contributed by atoms with E-state index in [2.05, 4.69) is 16.0 Å². The number of rotatable bonds is 16. The van der Waals surface area contributed by atoms with Crippen molar-refractivity contribution in [1.29, 1.82) is 0 Å². The van der Waals surface area contributed by atoms with Crippen LogP contribution in [0, 0.1) is 5.92 Å². The van der Waals surface area contributed by atoms with Gasteiger partial charge in [-0.05, 0) is 49.2 Å². The van der Waals surface area contributed by atoms with Crippen molar-refractivity contribution in [2.75, 3.05) is 30.6 Å². The molecule has 180 valence electrons. The second-order valence-electron chi connectivity index (χ2n) is 7.50. The van der Waals surface area contributed by atoms with Gasteiger partial charge in [-0.1, -0.05) is 13.8 Å². The highest BCUT2D eigenvalue weighted by atomic mass is 32.2. The maximum absolute atomic E-state index is 12.8. The molecule has 0 radical (unpaired) electrons. The van der Waals surface area contributed by atoms with E-state index >= 15 is 0 Å². The van der Waals surface area contributed by atoms with E-state index in [0.717, 1.165) is 0 Å². The SMILES string of the molecule is CSCCC(NC(=O)C(N)CO)C(=O)NC(CCSC)C(=O)NC(CC(C)C)C(=O)O. The number of thioether (sulfide) groups is 2. The molecule has 0 aromatic rings. The summed E-state index contributed by atoms with van der Waals surface area (Å²) in [5, 5.41) is 26.1. The van der Waals surface area contributed by atoms with Crippen LogP contribution < -0.4 is 21.7 Å². The van der Waals surface area contributed by atoms with E-state index in [1.807, 2.05) is 26.4 Å². The lowest BCUT2D eigenvalue weighted by molar-refractivity contribution is -0.142. The summed E-state index contributed by atoms with van der Waals surface area (Å²) >= 11 is 2.97. The lowest BCUT2D eigenvalue weighted by Crippen LogP contribution is -2.57. The van der Waals surface area contributed by atoms with Crippen LogP contribution in [0.5, 0.6) is 0 Å². The first-order chi connectivity index (χ1) is 14.6. The van der Waals surface area contributed by atoms with Crippen LogP contribution in [0.1, 0.15) is 33.1 Å². The molecule has 0 fully saturated rings. The Morgan fingerprint density at radius 2 is 1.26 bits per heavy atom. The van der Waals surface area contributed by atoms with Crippen molar-refractivity contribution in [1.82, 2.24) is 16.0 Å². The highest BCUT2D eigenvalue weighted by Gasteiger charge is 2.30. The predicted molar refractivity (Wildman–Crippen MR) is 124 cm³/mol. The molecule has 4 atom stereocenters. The van der Waals surface area contributed by atoms with Gasteiger partial charge in [0, 0.05) is 0 Å². The number of carboxylic acid groups (broad SMARTS) is 1. The van der Waals surface area contributed by atoms with Crippen molar-refractivity contribution in [2.45, 2.75) is 57.3 Å². The van der Waals surface area contributed by atoms with Crippen LogP contribution in [0.15, 0.2) is 0 Å². The quantitative estimate of drug-likeness (QED) is 0.169. The minimum absolute atomic E-state index is 0.0579. The maximum Gasteiger partial charge on any atom is 0.326 e. The summed E-state index contributed by atoms with van der Waals surface area (Å²) in [6, 6.07) is -4.11. The Bertz CT molecular complexity index is 594. The zero-order chi connectivity index (χ0) is 24.0. The highest BCUT2D eigenvalue weighted by Crippen LogP contribution is 2.08. The van der Waals surface area contributed by atoms with Crippen molar-refractivity contribution >= 4 is 47.2 Å². The molecular weight excluding hydrogens is 444 g/mol. The normalized spacial score (nSPS) is 14.9. The van der Waals surface area contributed by atoms with Gasteiger partial charge in [-0.3, -0.25) is 14.4 Å². The minimum Gasteiger partial charge on any atom is -0.480 e. The van der Waals surface area contributed by atoms with Gasteiger partial charge in [0.15, 0.2) is 0 Å². The van der Waals surface area contributed by atoms with Gasteiger partial charge in [-0.15, -0.1) is 0 Å². The molecule has 0 aliphatic rings. The Labute approximate surface area is 192 Å². The largest absolute Gasteiger partial charge is 0.480 e. The molecule has 0 saturated carbocycles. The standard InChI is InChI=1S/C19H36N4O6S2/c1-11(2)9-15(19(28)29)23-18(27)14(6-8-31-4)22-17(26)13(5-7-30-3)21-16(25)12(20)10-24/h11-15,24H,5-10,20H2,1-4H3,(H,21,25)(H,22,26)(H,23,27)(H,28,29). The van der Waals surface area contributed by atoms with E-state index in [9.17, 15) is 24.3 Å². The van der Waals surface area contributed by atoms with Crippen LogP contribution in [0.3, 0.4) is 0 Å². The number of hydrogen-bond donors (Lipinski definition) is 6. The molecule has 10 nitrogen and oxygen atoms in total. The van der Waals surface area contributed by atoms with Crippen molar-refractivity contribution < 1.29 is 29.4 Å². The summed E-state index contributed by atoms with van der Waals surface area (Å²) in [6.07, 6.45) is 4.57. The van der Waals surface area contributed by atoms with Gasteiger partial charge in [0.25, 0.3) is 0 Å². The highest BCUT2D eigenvalue weighted by molar-refractivity contribution is 7.98. The molecule has 31 heavy (non-hydrogen) atoms. The summed E-state index contributed by atoms with van der Waals surface area (Å²) in [5.41, 5.74) is 5.51. The Morgan fingerprint density at radius 3 is 1.61 bits per heavy atom. The van der Waals surface area contributed by atoms with Crippen molar-refractivity contribution in [3.05, 3.63) is 0 Å². The maximum atomic E-state index is 12.8. The van der Waals surface area contributed by atoms with Gasteiger partial charge in [-0.2, -0.15) is 23.5 Å². The Hall–Kier alpha value is -1.50. The van der Waals surface area contributed by atoms with Crippen LogP contribution in [0.4, 0.5) is 0 Å². The monoisotopic (exact) mass is 480 g/mol. The zero-order valence-corrected chi connectivity index (χ0v) is 20.2. The molecule has 0 bridgehead atoms. The summed E-state index contributed by atoms with van der Waals surface area (Å²) in [7, 11) is 0. The van der Waals surface area contributed by atoms with Gasteiger partial charge in [0.2, 0.25) is 17.7 Å². The van der Waals surface area contributed by atoms with Crippen molar-refractivity contribution in [2.24, 2.45) is 11.7 Å². The molecule has 0 aliphatic carbocycles. The van der Waals surface area contributed by atoms with Crippen LogP contribution in [-0.4, -0.2) is 88.7 Å². The molecule has 0 saturated heterocycles. The molecule has 12 heteroatoms. The number of nitrogens with one attached hydrogen (secondary N) is 3. The van der Waals surface area contributed by atoms with E-state index < -0.39 is 54.5 Å². The molecular formula is C19H36N4O6S2. The van der Waals surface area contributed by atoms with Gasteiger partial charge >= 0.3 is 5.97 Å². The first-order valence-corrected chi connectivity index (χ1v) is 12.8. The average Bonchev–Trinajstić information content (AvgIpc) is 2.71. The summed E-state index contributed by atoms with van der Waals surface area (Å²) in [5.74, 6) is -1.76. The number of amides is 3. The summed E-state index contributed by atoms with van der Waals surface area (Å²) in [6.45, 7) is 3.14. The first kappa shape index (κ1) is 29.5. The smallest absolute Gasteiger partial charge is 0.326 e. The predicted octanol–water partition coefficient (Wildman–Crippen LogP) is -0.603. The van der Waals surface area contributed by atoms with Crippen LogP contribution in [0.25, 0.3) is 0 Å². The molecule has 7 N–H and O–H groups in total. The molecule has 0 spiro atoms. The topological polar surface area (TPSA) is 171 Å². The van der Waals surface area contributed by atoms with Gasteiger partial charge in [-0.25, -0.2) is 4.79 Å². The molecule has 4 unspecified atom stereocenters. The van der Waals surface area contributed by atoms with E-state index in [1.54, 1.807) is 0 Å². The van der Waals surface area contributed by atoms with E-state index in [1.165, 1.54) is 23.5 Å². The van der Waals surface area contributed by atoms with Crippen LogP contribution in [-0.2, 0) is 19.2 Å². The number of aliphatic hydroxyl groups is 1. The third kappa shape index (κ3) is 12.2. The fourth-order valence-electron chi connectivity index (χ4n) is 2.61. The number of carbonyl (C=O) groups excluding carboxylic acids is 3. The van der Waals surface area contributed by atoms with Gasteiger partial charge < -0.3 is 31.9 Å². The van der Waals surface area contributed by atoms with E-state index in [-0.39, 0.29) is 12.3 Å². The fourth-order valence-corrected chi connectivity index (χ4v) is 3.55. The molecule has 0 aliphatic heterocycles. The third-order valence-corrected chi connectivity index (χ3v) is 5.63. The molecule has 0 aromatic carbocycles. The number of carboxylic acids is 1. The molecule has 0 heterocycles. The van der Waals surface area contributed by atoms with E-state index in [0.29, 0.717) is 24.3 Å². The lowest BCUT2D eigenvalue weighted by atomic mass is 10.0. The Morgan fingerprint density at radius 1 is 0.839 bits per heavy atom.